The molecular formula is C5H5BN2O. The van der Waals surface area contributed by atoms with Gasteiger partial charge in [-0.2, -0.15) is 0 Å². The van der Waals surface area contributed by atoms with Crippen molar-refractivity contribution in [3.63, 3.8) is 0 Å². The summed E-state index contributed by atoms with van der Waals surface area (Å²) in [5, 5.41) is 2.41. The summed E-state index contributed by atoms with van der Waals surface area (Å²) >= 11 is 0. The Labute approximate surface area is 54.5 Å². The molecule has 0 aromatic carbocycles. The molecule has 1 heterocycles. The lowest BCUT2D eigenvalue weighted by molar-refractivity contribution is 0.234. The van der Waals surface area contributed by atoms with Gasteiger partial charge in [-0.3, -0.25) is 0 Å². The quantitative estimate of drug-likeness (QED) is 0.452. The molecule has 4 heteroatoms. The summed E-state index contributed by atoms with van der Waals surface area (Å²) < 4.78 is 0. The normalized spacial score (nSPS) is 18.0. The lowest BCUT2D eigenvalue weighted by atomic mass is 10.3. The number of hydrogen-bond donors (Lipinski definition) is 1. The van der Waals surface area contributed by atoms with Crippen LogP contribution in [0.5, 0.6) is 0 Å². The van der Waals surface area contributed by atoms with Crippen molar-refractivity contribution in [3.05, 3.63) is 24.6 Å². The van der Waals surface area contributed by atoms with Crippen molar-refractivity contribution in [3.8, 4) is 0 Å². The maximum atomic E-state index is 10.6. The summed E-state index contributed by atoms with van der Waals surface area (Å²) in [7, 11) is 5.13. The minimum atomic E-state index is -0.359. The van der Waals surface area contributed by atoms with Gasteiger partial charge in [0.25, 0.3) is 0 Å². The molecule has 1 N–H and O–H groups in total. The number of rotatable bonds is 0. The Morgan fingerprint density at radius 1 is 1.78 bits per heavy atom. The van der Waals surface area contributed by atoms with Gasteiger partial charge in [-0.1, -0.05) is 6.58 Å². The van der Waals surface area contributed by atoms with Gasteiger partial charge in [0, 0.05) is 5.70 Å². The van der Waals surface area contributed by atoms with Crippen LogP contribution in [0.1, 0.15) is 0 Å². The van der Waals surface area contributed by atoms with E-state index < -0.39 is 0 Å². The number of carbonyl (C=O) groups is 1. The number of hydrogen-bond acceptors (Lipinski definition) is 1. The molecule has 0 spiro atoms. The number of nitrogens with one attached hydrogen (secondary N) is 1. The summed E-state index contributed by atoms with van der Waals surface area (Å²) in [6, 6.07) is -0.359. The molecule has 44 valence electrons. The molecule has 1 aliphatic rings. The van der Waals surface area contributed by atoms with Crippen LogP contribution in [0, 0.1) is 0 Å². The van der Waals surface area contributed by atoms with E-state index in [0.717, 1.165) is 4.81 Å². The molecular weight excluding hydrogens is 115 g/mol. The van der Waals surface area contributed by atoms with Crippen LogP contribution < -0.4 is 5.32 Å². The summed E-state index contributed by atoms with van der Waals surface area (Å²) in [5.41, 5.74) is 0.557. The average Bonchev–Trinajstić information content (AvgIpc) is 1.80. The first-order chi connectivity index (χ1) is 4.20. The first-order valence-electron chi connectivity index (χ1n) is 2.42. The van der Waals surface area contributed by atoms with Crippen molar-refractivity contribution in [2.24, 2.45) is 0 Å². The molecule has 1 aliphatic heterocycles. The highest BCUT2D eigenvalue weighted by atomic mass is 16.2. The number of amides is 2. The second kappa shape index (κ2) is 1.97. The van der Waals surface area contributed by atoms with Gasteiger partial charge in [0.15, 0.2) is 0 Å². The van der Waals surface area contributed by atoms with Crippen LogP contribution in [0.25, 0.3) is 0 Å². The summed E-state index contributed by atoms with van der Waals surface area (Å²) in [5.74, 6) is 0. The zero-order chi connectivity index (χ0) is 6.85. The minimum Gasteiger partial charge on any atom is -0.357 e. The van der Waals surface area contributed by atoms with Crippen LogP contribution in [0.15, 0.2) is 24.6 Å². The van der Waals surface area contributed by atoms with E-state index >= 15 is 0 Å². The molecule has 0 aliphatic carbocycles. The molecule has 0 saturated carbocycles. The Hall–Kier alpha value is -1.19. The maximum Gasteiger partial charge on any atom is 0.312 e. The van der Waals surface area contributed by atoms with Gasteiger partial charge < -0.3 is 10.1 Å². The van der Waals surface area contributed by atoms with Crippen LogP contribution in [0.4, 0.5) is 4.79 Å². The minimum absolute atomic E-state index is 0.359. The molecule has 0 fully saturated rings. The predicted molar refractivity (Wildman–Crippen MR) is 34.4 cm³/mol. The van der Waals surface area contributed by atoms with Crippen LogP contribution in [0.3, 0.4) is 0 Å². The Kier molecular flexibility index (Phi) is 1.30. The highest BCUT2D eigenvalue weighted by molar-refractivity contribution is 6.15. The van der Waals surface area contributed by atoms with Crippen LogP contribution in [-0.4, -0.2) is 18.8 Å². The summed E-state index contributed by atoms with van der Waals surface area (Å²) in [6.07, 6.45) is 3.06. The molecule has 0 aromatic heterocycles. The third-order valence-electron chi connectivity index (χ3n) is 0.938. The molecule has 2 radical (unpaired) electrons. The van der Waals surface area contributed by atoms with Crippen molar-refractivity contribution in [2.75, 3.05) is 0 Å². The largest absolute Gasteiger partial charge is 0.357 e. The highest BCUT2D eigenvalue weighted by Crippen LogP contribution is 1.98. The van der Waals surface area contributed by atoms with E-state index in [1.165, 1.54) is 6.20 Å². The lowest BCUT2D eigenvalue weighted by Gasteiger charge is -2.18. The number of nitrogens with zero attached hydrogens (tertiary/aromatic N) is 1. The van der Waals surface area contributed by atoms with Crippen LogP contribution in [-0.2, 0) is 0 Å². The van der Waals surface area contributed by atoms with Crippen molar-refractivity contribution in [1.29, 1.82) is 0 Å². The standard InChI is InChI=1S/C5H5BN2O/c1-4-2-3-8(6)5(9)7-4/h2-3H,1H2,(H,7,9). The predicted octanol–water partition coefficient (Wildman–Crippen LogP) is 0.123. The average molecular weight is 120 g/mol. The first kappa shape index (κ1) is 5.94. The van der Waals surface area contributed by atoms with Gasteiger partial charge in [0.2, 0.25) is 7.98 Å². The topological polar surface area (TPSA) is 32.3 Å². The SMILES string of the molecule is [B]N1C=CC(=C)NC1=O. The highest BCUT2D eigenvalue weighted by Gasteiger charge is 2.08. The van der Waals surface area contributed by atoms with E-state index in [9.17, 15) is 4.79 Å². The fourth-order valence-corrected chi connectivity index (χ4v) is 0.482. The van der Waals surface area contributed by atoms with Gasteiger partial charge in [0.1, 0.15) is 0 Å². The number of carbonyl (C=O) groups excluding carboxylic acids is 1. The number of urea groups is 1. The van der Waals surface area contributed by atoms with Crippen LogP contribution in [0.2, 0.25) is 0 Å². The monoisotopic (exact) mass is 120 g/mol. The molecule has 2 amide bonds. The Morgan fingerprint density at radius 3 is 2.89 bits per heavy atom. The maximum absolute atomic E-state index is 10.6. The second-order valence-corrected chi connectivity index (χ2v) is 1.68. The molecule has 0 saturated heterocycles. The Balaban J connectivity index is 2.76. The van der Waals surface area contributed by atoms with E-state index in [1.54, 1.807) is 6.08 Å². The van der Waals surface area contributed by atoms with Gasteiger partial charge in [-0.05, 0) is 12.3 Å². The molecule has 9 heavy (non-hydrogen) atoms. The third kappa shape index (κ3) is 1.13. The number of allylic oxidation sites excluding steroid dienone is 1. The van der Waals surface area contributed by atoms with E-state index in [0.29, 0.717) is 5.70 Å². The molecule has 3 nitrogen and oxygen atoms in total. The smallest absolute Gasteiger partial charge is 0.312 e. The summed E-state index contributed by atoms with van der Waals surface area (Å²) in [6.45, 7) is 3.50. The second-order valence-electron chi connectivity index (χ2n) is 1.68. The van der Waals surface area contributed by atoms with Gasteiger partial charge in [0.05, 0.1) is 0 Å². The van der Waals surface area contributed by atoms with Crippen molar-refractivity contribution >= 4 is 14.0 Å². The van der Waals surface area contributed by atoms with Crippen molar-refractivity contribution in [2.45, 2.75) is 0 Å². The molecule has 0 bridgehead atoms. The Bertz CT molecular complexity index is 187. The zero-order valence-corrected chi connectivity index (χ0v) is 4.79. The first-order valence-corrected chi connectivity index (χ1v) is 2.42. The molecule has 0 atom stereocenters. The molecule has 1 rings (SSSR count). The fourth-order valence-electron chi connectivity index (χ4n) is 0.482. The van der Waals surface area contributed by atoms with E-state index in [-0.39, 0.29) is 6.03 Å². The van der Waals surface area contributed by atoms with E-state index in [2.05, 4.69) is 11.9 Å². The van der Waals surface area contributed by atoms with E-state index in [4.69, 9.17) is 7.98 Å². The molecule has 0 aromatic rings. The third-order valence-corrected chi connectivity index (χ3v) is 0.938. The van der Waals surface area contributed by atoms with Crippen molar-refractivity contribution < 1.29 is 4.79 Å². The Morgan fingerprint density at radius 2 is 2.44 bits per heavy atom. The van der Waals surface area contributed by atoms with Crippen molar-refractivity contribution in [1.82, 2.24) is 10.1 Å². The molecule has 0 unspecified atom stereocenters. The zero-order valence-electron chi connectivity index (χ0n) is 4.79. The lowest BCUT2D eigenvalue weighted by Crippen LogP contribution is -2.36. The van der Waals surface area contributed by atoms with Gasteiger partial charge in [-0.15, -0.1) is 0 Å². The fraction of sp³-hybridized carbons (Fsp3) is 0. The van der Waals surface area contributed by atoms with Crippen LogP contribution >= 0.6 is 0 Å². The van der Waals surface area contributed by atoms with Gasteiger partial charge >= 0.3 is 6.03 Å². The van der Waals surface area contributed by atoms with Gasteiger partial charge in [-0.25, -0.2) is 4.79 Å². The van der Waals surface area contributed by atoms with E-state index in [1.807, 2.05) is 0 Å². The summed E-state index contributed by atoms with van der Waals surface area (Å²) in [4.78, 5) is 11.5.